The van der Waals surface area contributed by atoms with Gasteiger partial charge in [-0.1, -0.05) is 31.2 Å². The van der Waals surface area contributed by atoms with E-state index < -0.39 is 0 Å². The summed E-state index contributed by atoms with van der Waals surface area (Å²) in [6.07, 6.45) is 0.943. The van der Waals surface area contributed by atoms with Crippen molar-refractivity contribution in [2.24, 2.45) is 0 Å². The molecule has 4 N–H and O–H groups in total. The van der Waals surface area contributed by atoms with Crippen LogP contribution in [-0.2, 0) is 6.42 Å². The van der Waals surface area contributed by atoms with Crippen molar-refractivity contribution in [3.8, 4) is 23.0 Å². The van der Waals surface area contributed by atoms with Crippen LogP contribution in [0.25, 0.3) is 0 Å². The molecule has 1 unspecified atom stereocenters. The van der Waals surface area contributed by atoms with Crippen LogP contribution < -0.4 is 20.9 Å². The quantitative estimate of drug-likeness (QED) is 0.295. The molecule has 1 atom stereocenters. The zero-order chi connectivity index (χ0) is 23.4. The van der Waals surface area contributed by atoms with E-state index in [9.17, 15) is 0 Å². The molecule has 0 heterocycles. The number of aryl methyl sites for hydroxylation is 2. The molecule has 0 spiro atoms. The molecule has 4 aromatic rings. The van der Waals surface area contributed by atoms with Gasteiger partial charge in [0, 0.05) is 11.4 Å². The van der Waals surface area contributed by atoms with E-state index in [0.717, 1.165) is 51.9 Å². The Morgan fingerprint density at radius 2 is 1.03 bits per heavy atom. The number of nitrogens with two attached hydrogens (primary N) is 2. The number of rotatable bonds is 7. The average Bonchev–Trinajstić information content (AvgIpc) is 2.80. The van der Waals surface area contributed by atoms with E-state index in [4.69, 9.17) is 20.9 Å². The molecule has 4 rings (SSSR count). The van der Waals surface area contributed by atoms with Crippen LogP contribution in [0.5, 0.6) is 23.0 Å². The van der Waals surface area contributed by atoms with Gasteiger partial charge in [-0.05, 0) is 109 Å². The lowest BCUT2D eigenvalue weighted by Gasteiger charge is -2.14. The lowest BCUT2D eigenvalue weighted by Crippen LogP contribution is -1.99. The highest BCUT2D eigenvalue weighted by atomic mass is 16.5. The Bertz CT molecular complexity index is 1230. The van der Waals surface area contributed by atoms with E-state index >= 15 is 0 Å². The number of nitrogen functional groups attached to an aromatic ring is 2. The van der Waals surface area contributed by atoms with Crippen LogP contribution in [-0.4, -0.2) is 0 Å². The topological polar surface area (TPSA) is 70.5 Å². The average molecular weight is 439 g/mol. The van der Waals surface area contributed by atoms with Crippen LogP contribution in [0, 0.1) is 13.8 Å². The molecule has 0 saturated carbocycles. The Morgan fingerprint density at radius 1 is 0.606 bits per heavy atom. The first-order valence-electron chi connectivity index (χ1n) is 11.1. The van der Waals surface area contributed by atoms with Gasteiger partial charge in [0.05, 0.1) is 0 Å². The molecule has 4 nitrogen and oxygen atoms in total. The third-order valence-electron chi connectivity index (χ3n) is 5.87. The number of hydrogen-bond acceptors (Lipinski definition) is 4. The van der Waals surface area contributed by atoms with E-state index in [2.05, 4.69) is 31.2 Å². The largest absolute Gasteiger partial charge is 0.457 e. The van der Waals surface area contributed by atoms with Crippen molar-refractivity contribution < 1.29 is 9.47 Å². The fraction of sp³-hybridized carbons (Fsp3) is 0.172. The molecule has 4 heteroatoms. The molecule has 0 bridgehead atoms. The Hall–Kier alpha value is -3.92. The van der Waals surface area contributed by atoms with Gasteiger partial charge >= 0.3 is 0 Å². The highest BCUT2D eigenvalue weighted by Gasteiger charge is 2.09. The standard InChI is InChI=1S/C29H30N2O2/c1-19(23-6-10-25(11-7-23)33-27-13-15-29(31)21(3)18-27)16-22-4-8-24(9-5-22)32-26-12-14-28(30)20(2)17-26/h4-15,17-19H,16,30-31H2,1-3H3. The van der Waals surface area contributed by atoms with E-state index in [-0.39, 0.29) is 0 Å². The summed E-state index contributed by atoms with van der Waals surface area (Å²) in [4.78, 5) is 0. The van der Waals surface area contributed by atoms with Gasteiger partial charge in [-0.3, -0.25) is 0 Å². The zero-order valence-corrected chi connectivity index (χ0v) is 19.3. The van der Waals surface area contributed by atoms with Crippen molar-refractivity contribution in [2.75, 3.05) is 11.5 Å². The molecule has 0 saturated heterocycles. The molecule has 0 aliphatic carbocycles. The number of ether oxygens (including phenoxy) is 2. The second-order valence-corrected chi connectivity index (χ2v) is 8.56. The summed E-state index contributed by atoms with van der Waals surface area (Å²) >= 11 is 0. The predicted molar refractivity (Wildman–Crippen MR) is 136 cm³/mol. The normalized spacial score (nSPS) is 11.7. The molecule has 0 fully saturated rings. The van der Waals surface area contributed by atoms with Crippen molar-refractivity contribution in [3.63, 3.8) is 0 Å². The maximum Gasteiger partial charge on any atom is 0.127 e. The maximum absolute atomic E-state index is 5.97. The van der Waals surface area contributed by atoms with Crippen LogP contribution in [0.1, 0.15) is 35.1 Å². The SMILES string of the molecule is Cc1cc(Oc2ccc(CC(C)c3ccc(Oc4ccc(N)c(C)c4)cc3)cc2)ccc1N. The van der Waals surface area contributed by atoms with E-state index in [1.807, 2.05) is 74.5 Å². The minimum atomic E-state index is 0.379. The number of anilines is 2. The fourth-order valence-electron chi connectivity index (χ4n) is 3.72. The third kappa shape index (κ3) is 5.66. The van der Waals surface area contributed by atoms with Gasteiger partial charge in [0.15, 0.2) is 0 Å². The van der Waals surface area contributed by atoms with Crippen molar-refractivity contribution in [1.82, 2.24) is 0 Å². The summed E-state index contributed by atoms with van der Waals surface area (Å²) in [6.45, 7) is 6.19. The Kier molecular flexibility index (Phi) is 6.55. The van der Waals surface area contributed by atoms with Crippen LogP contribution in [0.3, 0.4) is 0 Å². The minimum absolute atomic E-state index is 0.379. The van der Waals surface area contributed by atoms with Gasteiger partial charge in [0.2, 0.25) is 0 Å². The van der Waals surface area contributed by atoms with Crippen LogP contribution in [0.4, 0.5) is 11.4 Å². The molecule has 0 amide bonds. The highest BCUT2D eigenvalue weighted by molar-refractivity contribution is 5.51. The molecule has 0 aliphatic rings. The lowest BCUT2D eigenvalue weighted by atomic mass is 9.94. The van der Waals surface area contributed by atoms with Crippen LogP contribution in [0.2, 0.25) is 0 Å². The summed E-state index contributed by atoms with van der Waals surface area (Å²) in [7, 11) is 0. The van der Waals surface area contributed by atoms with Crippen molar-refractivity contribution >= 4 is 11.4 Å². The molecule has 33 heavy (non-hydrogen) atoms. The Labute approximate surface area is 195 Å². The summed E-state index contributed by atoms with van der Waals surface area (Å²) < 4.78 is 11.9. The van der Waals surface area contributed by atoms with Gasteiger partial charge in [-0.15, -0.1) is 0 Å². The van der Waals surface area contributed by atoms with Gasteiger partial charge < -0.3 is 20.9 Å². The first-order valence-corrected chi connectivity index (χ1v) is 11.1. The molecule has 0 aliphatic heterocycles. The van der Waals surface area contributed by atoms with E-state index in [1.165, 1.54) is 11.1 Å². The van der Waals surface area contributed by atoms with Crippen molar-refractivity contribution in [3.05, 3.63) is 107 Å². The van der Waals surface area contributed by atoms with Crippen LogP contribution >= 0.6 is 0 Å². The third-order valence-corrected chi connectivity index (χ3v) is 5.87. The second kappa shape index (κ2) is 9.70. The number of hydrogen-bond donors (Lipinski definition) is 2. The smallest absolute Gasteiger partial charge is 0.127 e. The summed E-state index contributed by atoms with van der Waals surface area (Å²) in [5.74, 6) is 3.59. The van der Waals surface area contributed by atoms with Gasteiger partial charge in [-0.2, -0.15) is 0 Å². The molecule has 0 aromatic heterocycles. The van der Waals surface area contributed by atoms with Crippen LogP contribution in [0.15, 0.2) is 84.9 Å². The molecular formula is C29H30N2O2. The fourth-order valence-corrected chi connectivity index (χ4v) is 3.72. The molecule has 0 radical (unpaired) electrons. The molecule has 4 aromatic carbocycles. The summed E-state index contributed by atoms with van der Waals surface area (Å²) in [5.41, 5.74) is 17.9. The monoisotopic (exact) mass is 438 g/mol. The van der Waals surface area contributed by atoms with Gasteiger partial charge in [-0.25, -0.2) is 0 Å². The summed E-state index contributed by atoms with van der Waals surface area (Å²) in [5, 5.41) is 0. The second-order valence-electron chi connectivity index (χ2n) is 8.56. The highest BCUT2D eigenvalue weighted by Crippen LogP contribution is 2.29. The molecule has 168 valence electrons. The van der Waals surface area contributed by atoms with Crippen molar-refractivity contribution in [1.29, 1.82) is 0 Å². The summed E-state index contributed by atoms with van der Waals surface area (Å²) in [6, 6.07) is 28.0. The Balaban J connectivity index is 1.35. The van der Waals surface area contributed by atoms with E-state index in [0.29, 0.717) is 5.92 Å². The Morgan fingerprint density at radius 3 is 1.48 bits per heavy atom. The van der Waals surface area contributed by atoms with E-state index in [1.54, 1.807) is 0 Å². The minimum Gasteiger partial charge on any atom is -0.457 e. The van der Waals surface area contributed by atoms with Gasteiger partial charge in [0.1, 0.15) is 23.0 Å². The number of benzene rings is 4. The maximum atomic E-state index is 5.97. The zero-order valence-electron chi connectivity index (χ0n) is 19.3. The van der Waals surface area contributed by atoms with Crippen molar-refractivity contribution in [2.45, 2.75) is 33.1 Å². The van der Waals surface area contributed by atoms with Gasteiger partial charge in [0.25, 0.3) is 0 Å². The predicted octanol–water partition coefficient (Wildman–Crippen LogP) is 7.40. The first kappa shape index (κ1) is 22.3. The first-order chi connectivity index (χ1) is 15.9. The molecular weight excluding hydrogens is 408 g/mol. The lowest BCUT2D eigenvalue weighted by molar-refractivity contribution is 0.481.